The fourth-order valence-electron chi connectivity index (χ4n) is 3.10. The van der Waals surface area contributed by atoms with Crippen molar-refractivity contribution in [2.24, 2.45) is 0 Å². The summed E-state index contributed by atoms with van der Waals surface area (Å²) in [5, 5.41) is 13.8. The van der Waals surface area contributed by atoms with Crippen molar-refractivity contribution in [2.75, 3.05) is 6.61 Å². The van der Waals surface area contributed by atoms with Crippen LogP contribution in [0.2, 0.25) is 5.02 Å². The van der Waals surface area contributed by atoms with E-state index in [-0.39, 0.29) is 12.1 Å². The van der Waals surface area contributed by atoms with Gasteiger partial charge in [-0.1, -0.05) is 24.4 Å². The lowest BCUT2D eigenvalue weighted by atomic mass is 9.99. The van der Waals surface area contributed by atoms with Gasteiger partial charge in [0.1, 0.15) is 0 Å². The number of aromatic nitrogens is 1. The van der Waals surface area contributed by atoms with E-state index in [1.807, 2.05) is 31.2 Å². The molecule has 1 fully saturated rings. The molecular formula is C17H21ClN2O2. The summed E-state index contributed by atoms with van der Waals surface area (Å²) in [5.74, 6) is 1.43. The maximum Gasteiger partial charge on any atom is 0.209 e. The SMILES string of the molecule is Cc1nc(CNC2(CO)CCCC2)oc1-c1ccc(Cl)cc1. The molecule has 0 atom stereocenters. The highest BCUT2D eigenvalue weighted by Crippen LogP contribution is 2.30. The van der Waals surface area contributed by atoms with Crippen LogP contribution in [-0.4, -0.2) is 22.2 Å². The lowest BCUT2D eigenvalue weighted by molar-refractivity contribution is 0.159. The Hall–Kier alpha value is -1.36. The molecule has 4 nitrogen and oxygen atoms in total. The highest BCUT2D eigenvalue weighted by atomic mass is 35.5. The Bertz CT molecular complexity index is 631. The zero-order valence-electron chi connectivity index (χ0n) is 12.7. The number of halogens is 1. The molecule has 1 aromatic carbocycles. The van der Waals surface area contributed by atoms with Gasteiger partial charge in [0.05, 0.1) is 18.8 Å². The summed E-state index contributed by atoms with van der Waals surface area (Å²) < 4.78 is 5.89. The van der Waals surface area contributed by atoms with Crippen molar-refractivity contribution in [1.29, 1.82) is 0 Å². The first kappa shape index (κ1) is 15.5. The summed E-state index contributed by atoms with van der Waals surface area (Å²) in [5.41, 5.74) is 1.67. The van der Waals surface area contributed by atoms with Crippen molar-refractivity contribution >= 4 is 11.6 Å². The van der Waals surface area contributed by atoms with Crippen molar-refractivity contribution in [2.45, 2.75) is 44.7 Å². The molecule has 1 aliphatic rings. The minimum absolute atomic E-state index is 0.163. The first-order chi connectivity index (χ1) is 10.6. The van der Waals surface area contributed by atoms with Crippen molar-refractivity contribution in [3.05, 3.63) is 40.9 Å². The Labute approximate surface area is 135 Å². The Balaban J connectivity index is 1.73. The van der Waals surface area contributed by atoms with Crippen molar-refractivity contribution in [3.63, 3.8) is 0 Å². The molecule has 1 saturated carbocycles. The molecule has 2 aromatic rings. The maximum absolute atomic E-state index is 9.63. The van der Waals surface area contributed by atoms with Gasteiger partial charge in [-0.05, 0) is 44.0 Å². The summed E-state index contributed by atoms with van der Waals surface area (Å²) in [4.78, 5) is 4.49. The van der Waals surface area contributed by atoms with E-state index in [1.165, 1.54) is 0 Å². The van der Waals surface area contributed by atoms with Crippen LogP contribution in [0.15, 0.2) is 28.7 Å². The number of rotatable bonds is 5. The zero-order valence-corrected chi connectivity index (χ0v) is 13.5. The molecule has 0 radical (unpaired) electrons. The number of benzene rings is 1. The maximum atomic E-state index is 9.63. The number of oxazole rings is 1. The number of nitrogens with zero attached hydrogens (tertiary/aromatic N) is 1. The zero-order chi connectivity index (χ0) is 15.6. The van der Waals surface area contributed by atoms with Crippen LogP contribution >= 0.6 is 11.6 Å². The van der Waals surface area contributed by atoms with Crippen LogP contribution < -0.4 is 5.32 Å². The van der Waals surface area contributed by atoms with Gasteiger partial charge in [0.25, 0.3) is 0 Å². The van der Waals surface area contributed by atoms with E-state index in [9.17, 15) is 5.11 Å². The minimum atomic E-state index is -0.164. The molecule has 22 heavy (non-hydrogen) atoms. The Morgan fingerprint density at radius 3 is 2.59 bits per heavy atom. The van der Waals surface area contributed by atoms with Crippen LogP contribution in [0.4, 0.5) is 0 Å². The third-order valence-corrected chi connectivity index (χ3v) is 4.68. The average molecular weight is 321 g/mol. The number of aryl methyl sites for hydroxylation is 1. The van der Waals surface area contributed by atoms with Gasteiger partial charge in [-0.25, -0.2) is 4.98 Å². The number of hydrogen-bond donors (Lipinski definition) is 2. The fraction of sp³-hybridized carbons (Fsp3) is 0.471. The standard InChI is InChI=1S/C17H21ClN2O2/c1-12-16(13-4-6-14(18)7-5-13)22-15(20-12)10-19-17(11-21)8-2-3-9-17/h4-7,19,21H,2-3,8-11H2,1H3. The van der Waals surface area contributed by atoms with E-state index in [0.717, 1.165) is 42.7 Å². The first-order valence-corrected chi connectivity index (χ1v) is 8.08. The van der Waals surface area contributed by atoms with Gasteiger partial charge in [-0.15, -0.1) is 0 Å². The molecule has 1 heterocycles. The molecule has 0 spiro atoms. The van der Waals surface area contributed by atoms with Crippen LogP contribution in [-0.2, 0) is 6.54 Å². The molecule has 3 rings (SSSR count). The van der Waals surface area contributed by atoms with Crippen molar-refractivity contribution in [1.82, 2.24) is 10.3 Å². The van der Waals surface area contributed by atoms with Gasteiger partial charge >= 0.3 is 0 Å². The Morgan fingerprint density at radius 1 is 1.27 bits per heavy atom. The number of aliphatic hydroxyl groups excluding tert-OH is 1. The number of hydrogen-bond acceptors (Lipinski definition) is 4. The molecule has 0 aliphatic heterocycles. The second kappa shape index (κ2) is 6.41. The van der Waals surface area contributed by atoms with E-state index in [2.05, 4.69) is 10.3 Å². The number of aliphatic hydroxyl groups is 1. The molecule has 5 heteroatoms. The second-order valence-electron chi connectivity index (χ2n) is 6.03. The summed E-state index contributed by atoms with van der Waals surface area (Å²) in [6, 6.07) is 7.55. The molecule has 0 amide bonds. The molecule has 1 aliphatic carbocycles. The van der Waals surface area contributed by atoms with E-state index < -0.39 is 0 Å². The summed E-state index contributed by atoms with van der Waals surface area (Å²) in [7, 11) is 0. The number of nitrogens with one attached hydrogen (secondary N) is 1. The van der Waals surface area contributed by atoms with Crippen LogP contribution in [0.1, 0.15) is 37.3 Å². The average Bonchev–Trinajstić information content (AvgIpc) is 3.14. The monoisotopic (exact) mass is 320 g/mol. The lowest BCUT2D eigenvalue weighted by Gasteiger charge is -2.27. The van der Waals surface area contributed by atoms with Gasteiger partial charge in [0.2, 0.25) is 5.89 Å². The van der Waals surface area contributed by atoms with E-state index in [0.29, 0.717) is 17.5 Å². The van der Waals surface area contributed by atoms with E-state index >= 15 is 0 Å². The van der Waals surface area contributed by atoms with E-state index in [1.54, 1.807) is 0 Å². The molecule has 0 unspecified atom stereocenters. The van der Waals surface area contributed by atoms with Crippen molar-refractivity contribution in [3.8, 4) is 11.3 Å². The summed E-state index contributed by atoms with van der Waals surface area (Å²) in [6.45, 7) is 2.64. The van der Waals surface area contributed by atoms with Crippen LogP contribution in [0.5, 0.6) is 0 Å². The molecule has 0 saturated heterocycles. The Kier molecular flexibility index (Phi) is 4.52. The summed E-state index contributed by atoms with van der Waals surface area (Å²) in [6.07, 6.45) is 4.34. The molecule has 2 N–H and O–H groups in total. The van der Waals surface area contributed by atoms with Crippen LogP contribution in [0, 0.1) is 6.92 Å². The van der Waals surface area contributed by atoms with Crippen molar-refractivity contribution < 1.29 is 9.52 Å². The largest absolute Gasteiger partial charge is 0.439 e. The minimum Gasteiger partial charge on any atom is -0.439 e. The third-order valence-electron chi connectivity index (χ3n) is 4.43. The van der Waals surface area contributed by atoms with Gasteiger partial charge in [0, 0.05) is 16.1 Å². The van der Waals surface area contributed by atoms with Gasteiger partial charge in [0.15, 0.2) is 5.76 Å². The smallest absolute Gasteiger partial charge is 0.209 e. The highest BCUT2D eigenvalue weighted by Gasteiger charge is 2.32. The first-order valence-electron chi connectivity index (χ1n) is 7.70. The van der Waals surface area contributed by atoms with Gasteiger partial charge in [-0.2, -0.15) is 0 Å². The van der Waals surface area contributed by atoms with Crippen LogP contribution in [0.3, 0.4) is 0 Å². The molecule has 0 bridgehead atoms. The summed E-state index contributed by atoms with van der Waals surface area (Å²) >= 11 is 5.92. The fourth-order valence-corrected chi connectivity index (χ4v) is 3.23. The van der Waals surface area contributed by atoms with Crippen LogP contribution in [0.25, 0.3) is 11.3 Å². The molecule has 1 aromatic heterocycles. The highest BCUT2D eigenvalue weighted by molar-refractivity contribution is 6.30. The third kappa shape index (κ3) is 3.19. The molecular weight excluding hydrogens is 300 g/mol. The lowest BCUT2D eigenvalue weighted by Crippen LogP contribution is -2.45. The Morgan fingerprint density at radius 2 is 1.95 bits per heavy atom. The normalized spacial score (nSPS) is 17.0. The predicted molar refractivity (Wildman–Crippen MR) is 86.8 cm³/mol. The quantitative estimate of drug-likeness (QED) is 0.882. The topological polar surface area (TPSA) is 58.3 Å². The predicted octanol–water partition coefficient (Wildman–Crippen LogP) is 3.70. The second-order valence-corrected chi connectivity index (χ2v) is 6.46. The van der Waals surface area contributed by atoms with Gasteiger partial charge < -0.3 is 14.8 Å². The molecule has 118 valence electrons. The van der Waals surface area contributed by atoms with Gasteiger partial charge in [-0.3, -0.25) is 0 Å². The van der Waals surface area contributed by atoms with E-state index in [4.69, 9.17) is 16.0 Å².